The molecule has 0 radical (unpaired) electrons. The lowest BCUT2D eigenvalue weighted by atomic mass is 10.1. The maximum absolute atomic E-state index is 13.4. The van der Waals surface area contributed by atoms with Crippen molar-refractivity contribution >= 4 is 22.9 Å². The second-order valence-electron chi connectivity index (χ2n) is 4.42. The van der Waals surface area contributed by atoms with Crippen LogP contribution in [0.1, 0.15) is 35.4 Å². The van der Waals surface area contributed by atoms with Crippen LogP contribution < -0.4 is 5.32 Å². The van der Waals surface area contributed by atoms with E-state index < -0.39 is 0 Å². The summed E-state index contributed by atoms with van der Waals surface area (Å²) in [6, 6.07) is 1.40. The van der Waals surface area contributed by atoms with Gasteiger partial charge < -0.3 is 5.32 Å². The van der Waals surface area contributed by atoms with Crippen LogP contribution in [0.15, 0.2) is 23.8 Å². The fourth-order valence-corrected chi connectivity index (χ4v) is 3.28. The third-order valence-corrected chi connectivity index (χ3v) is 4.62. The molecule has 0 spiro atoms. The molecule has 2 aromatic heterocycles. The number of rotatable bonds is 5. The largest absolute Gasteiger partial charge is 0.306 e. The van der Waals surface area contributed by atoms with Crippen LogP contribution in [-0.4, -0.2) is 11.5 Å². The standard InChI is InChI=1S/C14H16ClFN2S/c1-3-4-18-13(10-5-11(16)7-17-6-10)14-12(15)9(2)8-19-14/h5-8,13,18H,3-4H2,1-2H3. The zero-order chi connectivity index (χ0) is 13.8. The second kappa shape index (κ2) is 6.46. The van der Waals surface area contributed by atoms with E-state index in [0.29, 0.717) is 0 Å². The fourth-order valence-electron chi connectivity index (χ4n) is 1.88. The molecule has 0 fully saturated rings. The zero-order valence-electron chi connectivity index (χ0n) is 10.9. The van der Waals surface area contributed by atoms with Crippen LogP contribution in [0, 0.1) is 12.7 Å². The first-order valence-corrected chi connectivity index (χ1v) is 7.46. The number of aromatic nitrogens is 1. The molecule has 0 aliphatic heterocycles. The highest BCUT2D eigenvalue weighted by Crippen LogP contribution is 2.35. The summed E-state index contributed by atoms with van der Waals surface area (Å²) in [5.41, 5.74) is 1.85. The average Bonchev–Trinajstić information content (AvgIpc) is 2.72. The highest BCUT2D eigenvalue weighted by atomic mass is 35.5. The minimum absolute atomic E-state index is 0.102. The van der Waals surface area contributed by atoms with Crippen LogP contribution in [0.5, 0.6) is 0 Å². The predicted molar refractivity (Wildman–Crippen MR) is 78.4 cm³/mol. The van der Waals surface area contributed by atoms with Gasteiger partial charge in [-0.15, -0.1) is 11.3 Å². The smallest absolute Gasteiger partial charge is 0.141 e. The molecule has 0 aromatic carbocycles. The van der Waals surface area contributed by atoms with Gasteiger partial charge in [-0.25, -0.2) is 4.39 Å². The predicted octanol–water partition coefficient (Wildman–Crippen LogP) is 4.33. The molecular formula is C14H16ClFN2S. The molecule has 2 rings (SSSR count). The minimum Gasteiger partial charge on any atom is -0.306 e. The van der Waals surface area contributed by atoms with E-state index in [2.05, 4.69) is 17.2 Å². The van der Waals surface area contributed by atoms with E-state index in [-0.39, 0.29) is 11.9 Å². The number of pyridine rings is 1. The third kappa shape index (κ3) is 3.32. The first-order valence-electron chi connectivity index (χ1n) is 6.20. The third-order valence-electron chi connectivity index (χ3n) is 2.85. The molecule has 2 nitrogen and oxygen atoms in total. The maximum Gasteiger partial charge on any atom is 0.141 e. The maximum atomic E-state index is 13.4. The Morgan fingerprint density at radius 2 is 2.26 bits per heavy atom. The first-order chi connectivity index (χ1) is 9.13. The van der Waals surface area contributed by atoms with Crippen molar-refractivity contribution in [1.82, 2.24) is 10.3 Å². The van der Waals surface area contributed by atoms with Crippen molar-refractivity contribution < 1.29 is 4.39 Å². The molecule has 0 saturated heterocycles. The van der Waals surface area contributed by atoms with E-state index >= 15 is 0 Å². The molecule has 5 heteroatoms. The molecule has 0 bridgehead atoms. The van der Waals surface area contributed by atoms with Gasteiger partial charge in [-0.3, -0.25) is 4.98 Å². The van der Waals surface area contributed by atoms with Crippen molar-refractivity contribution in [3.8, 4) is 0 Å². The summed E-state index contributed by atoms with van der Waals surface area (Å²) in [6.07, 6.45) is 3.89. The number of thiophene rings is 1. The molecule has 1 N–H and O–H groups in total. The van der Waals surface area contributed by atoms with E-state index in [4.69, 9.17) is 11.6 Å². The zero-order valence-corrected chi connectivity index (χ0v) is 12.5. The molecule has 2 aromatic rings. The quantitative estimate of drug-likeness (QED) is 0.888. The van der Waals surface area contributed by atoms with Crippen molar-refractivity contribution in [2.45, 2.75) is 26.3 Å². The molecule has 1 unspecified atom stereocenters. The van der Waals surface area contributed by atoms with Crippen LogP contribution in [0.2, 0.25) is 5.02 Å². The van der Waals surface area contributed by atoms with Crippen LogP contribution in [0.4, 0.5) is 4.39 Å². The van der Waals surface area contributed by atoms with Gasteiger partial charge in [0.05, 0.1) is 17.3 Å². The number of hydrogen-bond donors (Lipinski definition) is 1. The van der Waals surface area contributed by atoms with Gasteiger partial charge in [-0.05, 0) is 42.5 Å². The van der Waals surface area contributed by atoms with Crippen molar-refractivity contribution in [3.63, 3.8) is 0 Å². The molecule has 102 valence electrons. The van der Waals surface area contributed by atoms with Gasteiger partial charge >= 0.3 is 0 Å². The first kappa shape index (κ1) is 14.4. The molecule has 19 heavy (non-hydrogen) atoms. The summed E-state index contributed by atoms with van der Waals surface area (Å²) in [6.45, 7) is 4.91. The Balaban J connectivity index is 2.38. The van der Waals surface area contributed by atoms with E-state index in [1.165, 1.54) is 12.3 Å². The van der Waals surface area contributed by atoms with Crippen molar-refractivity contribution in [1.29, 1.82) is 0 Å². The number of aryl methyl sites for hydroxylation is 1. The second-order valence-corrected chi connectivity index (χ2v) is 5.71. The molecule has 0 aliphatic carbocycles. The Morgan fingerprint density at radius 3 is 2.84 bits per heavy atom. The van der Waals surface area contributed by atoms with Gasteiger partial charge in [0.15, 0.2) is 0 Å². The minimum atomic E-state index is -0.329. The monoisotopic (exact) mass is 298 g/mol. The molecule has 0 aliphatic rings. The Labute approximate surface area is 121 Å². The summed E-state index contributed by atoms with van der Waals surface area (Å²) in [5.74, 6) is -0.329. The van der Waals surface area contributed by atoms with Gasteiger partial charge in [0.25, 0.3) is 0 Å². The molecule has 0 saturated carbocycles. The summed E-state index contributed by atoms with van der Waals surface area (Å²) in [4.78, 5) is 4.94. The number of nitrogens with zero attached hydrogens (tertiary/aromatic N) is 1. The number of hydrogen-bond acceptors (Lipinski definition) is 3. The summed E-state index contributed by atoms with van der Waals surface area (Å²) in [7, 11) is 0. The Kier molecular flexibility index (Phi) is 4.91. The van der Waals surface area contributed by atoms with Gasteiger partial charge in [0.1, 0.15) is 5.82 Å². The van der Waals surface area contributed by atoms with Crippen LogP contribution in [0.25, 0.3) is 0 Å². The number of halogens is 2. The van der Waals surface area contributed by atoms with Gasteiger partial charge in [-0.2, -0.15) is 0 Å². The lowest BCUT2D eigenvalue weighted by molar-refractivity contribution is 0.585. The topological polar surface area (TPSA) is 24.9 Å². The van der Waals surface area contributed by atoms with Crippen LogP contribution in [-0.2, 0) is 0 Å². The Bertz CT molecular complexity index is 556. The number of nitrogens with one attached hydrogen (secondary N) is 1. The van der Waals surface area contributed by atoms with Crippen molar-refractivity contribution in [2.75, 3.05) is 6.54 Å². The van der Waals surface area contributed by atoms with Gasteiger partial charge in [-0.1, -0.05) is 18.5 Å². The average molecular weight is 299 g/mol. The Hall–Kier alpha value is -0.970. The van der Waals surface area contributed by atoms with Gasteiger partial charge in [0.2, 0.25) is 0 Å². The molecule has 2 heterocycles. The highest BCUT2D eigenvalue weighted by Gasteiger charge is 2.20. The van der Waals surface area contributed by atoms with Crippen molar-refractivity contribution in [2.24, 2.45) is 0 Å². The molecular weight excluding hydrogens is 283 g/mol. The van der Waals surface area contributed by atoms with E-state index in [9.17, 15) is 4.39 Å². The lowest BCUT2D eigenvalue weighted by Gasteiger charge is -2.18. The van der Waals surface area contributed by atoms with Crippen molar-refractivity contribution in [3.05, 3.63) is 50.7 Å². The summed E-state index contributed by atoms with van der Waals surface area (Å²) < 4.78 is 13.4. The normalized spacial score (nSPS) is 12.6. The van der Waals surface area contributed by atoms with E-state index in [1.54, 1.807) is 17.5 Å². The van der Waals surface area contributed by atoms with Crippen LogP contribution >= 0.6 is 22.9 Å². The van der Waals surface area contributed by atoms with E-state index in [0.717, 1.165) is 34.0 Å². The van der Waals surface area contributed by atoms with Crippen LogP contribution in [0.3, 0.4) is 0 Å². The molecule has 0 amide bonds. The molecule has 1 atom stereocenters. The van der Waals surface area contributed by atoms with E-state index in [1.807, 2.05) is 12.3 Å². The highest BCUT2D eigenvalue weighted by molar-refractivity contribution is 7.10. The van der Waals surface area contributed by atoms with Gasteiger partial charge in [0, 0.05) is 11.1 Å². The fraction of sp³-hybridized carbons (Fsp3) is 0.357. The Morgan fingerprint density at radius 1 is 1.47 bits per heavy atom. The lowest BCUT2D eigenvalue weighted by Crippen LogP contribution is -2.23. The summed E-state index contributed by atoms with van der Waals surface area (Å²) in [5, 5.41) is 6.17. The summed E-state index contributed by atoms with van der Waals surface area (Å²) >= 11 is 7.92. The SMILES string of the molecule is CCCNC(c1cncc(F)c1)c1scc(C)c1Cl.